The summed E-state index contributed by atoms with van der Waals surface area (Å²) in [6.45, 7) is 0.826. The summed E-state index contributed by atoms with van der Waals surface area (Å²) in [5.74, 6) is 0.867. The minimum absolute atomic E-state index is 0.0571. The van der Waals surface area contributed by atoms with Crippen molar-refractivity contribution in [2.45, 2.75) is 11.8 Å². The van der Waals surface area contributed by atoms with Crippen LogP contribution in [0.15, 0.2) is 91.0 Å². The van der Waals surface area contributed by atoms with Gasteiger partial charge in [-0.05, 0) is 45.7 Å². The van der Waals surface area contributed by atoms with E-state index in [1.807, 2.05) is 60.7 Å². The molecule has 0 aliphatic carbocycles. The van der Waals surface area contributed by atoms with Crippen molar-refractivity contribution in [3.63, 3.8) is 0 Å². The van der Waals surface area contributed by atoms with Gasteiger partial charge in [0.2, 0.25) is 0 Å². The molecule has 9 heteroatoms. The van der Waals surface area contributed by atoms with Gasteiger partial charge in [-0.15, -0.1) is 23.2 Å². The van der Waals surface area contributed by atoms with Gasteiger partial charge in [0, 0.05) is 77.3 Å². The van der Waals surface area contributed by atoms with Crippen molar-refractivity contribution in [2.24, 2.45) is 0 Å². The molecule has 2 atom stereocenters. The Hall–Kier alpha value is -4.98. The molecule has 48 heavy (non-hydrogen) atoms. The van der Waals surface area contributed by atoms with E-state index in [0.29, 0.717) is 47.5 Å². The SMILES string of the molecule is COc1cc(C=CC(=O)N2C[C@@H](CCl)c3c2cc(O)c2ccccc32)ccc1C=CC(=O)N1C[C@@H](CCl)c2c1cc(O)c1ccccc21. The monoisotopic (exact) mass is 678 g/mol. The standard InChI is InChI=1S/C39H32Cl2N2O5/c1-48-35-16-23(11-14-36(46)42-21-25(19-40)38-29-8-4-2-6-27(29)33(44)17-31(38)42)10-12-24(35)13-15-37(47)43-22-26(20-41)39-30-9-5-3-7-28(30)34(45)18-32(39)43/h2-18,25-26,44-45H,19-22H2,1H3/t25-,26-/m1/s1. The van der Waals surface area contributed by atoms with Crippen LogP contribution < -0.4 is 14.5 Å². The number of nitrogens with zero attached hydrogens (tertiary/aromatic N) is 2. The molecule has 2 aliphatic rings. The Bertz CT molecular complexity index is 2160. The molecular weight excluding hydrogens is 647 g/mol. The van der Waals surface area contributed by atoms with Gasteiger partial charge in [-0.1, -0.05) is 60.7 Å². The predicted octanol–water partition coefficient (Wildman–Crippen LogP) is 8.18. The molecular formula is C39H32Cl2N2O5. The zero-order valence-electron chi connectivity index (χ0n) is 26.1. The summed E-state index contributed by atoms with van der Waals surface area (Å²) in [6, 6.07) is 23.9. The number of alkyl halides is 2. The fourth-order valence-electron chi connectivity index (χ4n) is 7.00. The minimum Gasteiger partial charge on any atom is -0.507 e. The number of rotatable bonds is 7. The molecule has 0 saturated carbocycles. The zero-order valence-corrected chi connectivity index (χ0v) is 27.6. The lowest BCUT2D eigenvalue weighted by Gasteiger charge is -2.17. The van der Waals surface area contributed by atoms with Gasteiger partial charge in [0.25, 0.3) is 11.8 Å². The van der Waals surface area contributed by atoms with Gasteiger partial charge in [0.15, 0.2) is 0 Å². The highest BCUT2D eigenvalue weighted by Gasteiger charge is 2.35. The maximum absolute atomic E-state index is 13.5. The Morgan fingerprint density at radius 2 is 1.21 bits per heavy atom. The number of methoxy groups -OCH3 is 1. The molecule has 0 aromatic heterocycles. The first-order chi connectivity index (χ1) is 23.3. The maximum Gasteiger partial charge on any atom is 0.251 e. The molecule has 242 valence electrons. The highest BCUT2D eigenvalue weighted by molar-refractivity contribution is 6.20. The summed E-state index contributed by atoms with van der Waals surface area (Å²) >= 11 is 12.7. The number of hydrogen-bond acceptors (Lipinski definition) is 5. The first-order valence-electron chi connectivity index (χ1n) is 15.6. The van der Waals surface area contributed by atoms with Gasteiger partial charge in [0.1, 0.15) is 17.2 Å². The van der Waals surface area contributed by atoms with Crippen molar-refractivity contribution in [1.29, 1.82) is 0 Å². The number of aromatic hydroxyl groups is 2. The van der Waals surface area contributed by atoms with Crippen LogP contribution in [0.2, 0.25) is 0 Å². The van der Waals surface area contributed by atoms with E-state index in [9.17, 15) is 19.8 Å². The molecule has 2 N–H and O–H groups in total. The second-order valence-corrected chi connectivity index (χ2v) is 12.6. The highest BCUT2D eigenvalue weighted by Crippen LogP contribution is 2.46. The molecule has 0 saturated heterocycles. The highest BCUT2D eigenvalue weighted by atomic mass is 35.5. The van der Waals surface area contributed by atoms with Crippen LogP contribution in [-0.4, -0.2) is 54.0 Å². The number of carbonyl (C=O) groups excluding carboxylic acids is 2. The largest absolute Gasteiger partial charge is 0.507 e. The lowest BCUT2D eigenvalue weighted by atomic mass is 9.95. The maximum atomic E-state index is 13.5. The second-order valence-electron chi connectivity index (χ2n) is 12.0. The third-order valence-corrected chi connectivity index (χ3v) is 10.0. The molecule has 2 aliphatic heterocycles. The number of halogens is 2. The molecule has 7 rings (SSSR count). The van der Waals surface area contributed by atoms with Crippen molar-refractivity contribution in [3.8, 4) is 17.2 Å². The normalized spacial score (nSPS) is 17.1. The van der Waals surface area contributed by atoms with E-state index < -0.39 is 0 Å². The van der Waals surface area contributed by atoms with Gasteiger partial charge in [-0.25, -0.2) is 0 Å². The molecule has 2 heterocycles. The fourth-order valence-corrected chi connectivity index (χ4v) is 7.50. The summed E-state index contributed by atoms with van der Waals surface area (Å²) in [4.78, 5) is 30.2. The summed E-state index contributed by atoms with van der Waals surface area (Å²) in [6.07, 6.45) is 6.39. The molecule has 0 fully saturated rings. The van der Waals surface area contributed by atoms with E-state index in [0.717, 1.165) is 38.2 Å². The van der Waals surface area contributed by atoms with Gasteiger partial charge in [-0.3, -0.25) is 9.59 Å². The smallest absolute Gasteiger partial charge is 0.251 e. The van der Waals surface area contributed by atoms with E-state index in [2.05, 4.69) is 0 Å². The van der Waals surface area contributed by atoms with Crippen molar-refractivity contribution in [2.75, 3.05) is 41.8 Å². The van der Waals surface area contributed by atoms with Crippen LogP contribution in [0.3, 0.4) is 0 Å². The van der Waals surface area contributed by atoms with Crippen molar-refractivity contribution >= 4 is 80.1 Å². The van der Waals surface area contributed by atoms with Gasteiger partial charge in [0.05, 0.1) is 18.5 Å². The number of fused-ring (bicyclic) bond motifs is 6. The van der Waals surface area contributed by atoms with E-state index in [-0.39, 0.29) is 35.1 Å². The Balaban J connectivity index is 1.11. The van der Waals surface area contributed by atoms with Crippen LogP contribution in [0.1, 0.15) is 34.1 Å². The lowest BCUT2D eigenvalue weighted by Crippen LogP contribution is -2.28. The molecule has 5 aromatic rings. The van der Waals surface area contributed by atoms with E-state index in [1.54, 1.807) is 47.3 Å². The summed E-state index contributed by atoms with van der Waals surface area (Å²) < 4.78 is 5.64. The van der Waals surface area contributed by atoms with Crippen LogP contribution in [0.5, 0.6) is 17.2 Å². The molecule has 7 nitrogen and oxygen atoms in total. The lowest BCUT2D eigenvalue weighted by molar-refractivity contribution is -0.114. The number of benzene rings is 5. The van der Waals surface area contributed by atoms with E-state index >= 15 is 0 Å². The Labute approximate surface area is 287 Å². The average molecular weight is 680 g/mol. The van der Waals surface area contributed by atoms with Crippen molar-refractivity contribution in [3.05, 3.63) is 113 Å². The van der Waals surface area contributed by atoms with Crippen LogP contribution in [0.25, 0.3) is 33.7 Å². The number of hydrogen-bond donors (Lipinski definition) is 2. The number of phenols is 2. The Morgan fingerprint density at radius 1 is 0.729 bits per heavy atom. The fraction of sp³-hybridized carbons (Fsp3) is 0.179. The summed E-state index contributed by atoms with van der Waals surface area (Å²) in [5.41, 5.74) is 4.67. The molecule has 0 bridgehead atoms. The summed E-state index contributed by atoms with van der Waals surface area (Å²) in [5, 5.41) is 24.6. The number of amides is 2. The summed E-state index contributed by atoms with van der Waals surface area (Å²) in [7, 11) is 1.55. The first-order valence-corrected chi connectivity index (χ1v) is 16.7. The van der Waals surface area contributed by atoms with Gasteiger partial charge >= 0.3 is 0 Å². The number of phenolic OH excluding ortho intramolecular Hbond substituents is 2. The topological polar surface area (TPSA) is 90.3 Å². The van der Waals surface area contributed by atoms with E-state index in [1.165, 1.54) is 12.2 Å². The second kappa shape index (κ2) is 12.9. The van der Waals surface area contributed by atoms with Crippen LogP contribution in [0.4, 0.5) is 11.4 Å². The van der Waals surface area contributed by atoms with Crippen molar-refractivity contribution < 1.29 is 24.5 Å². The quantitative estimate of drug-likeness (QED) is 0.134. The molecule has 2 amide bonds. The van der Waals surface area contributed by atoms with Crippen LogP contribution in [0, 0.1) is 0 Å². The molecule has 0 radical (unpaired) electrons. The number of carbonyl (C=O) groups is 2. The van der Waals surface area contributed by atoms with Gasteiger partial charge < -0.3 is 24.7 Å². The zero-order chi connectivity index (χ0) is 33.5. The third kappa shape index (κ3) is 5.43. The molecule has 0 spiro atoms. The number of ether oxygens (including phenoxy) is 1. The third-order valence-electron chi connectivity index (χ3n) is 9.28. The molecule has 5 aromatic carbocycles. The predicted molar refractivity (Wildman–Crippen MR) is 194 cm³/mol. The Kier molecular flexibility index (Phi) is 8.50. The minimum atomic E-state index is -0.241. The van der Waals surface area contributed by atoms with Gasteiger partial charge in [-0.2, -0.15) is 0 Å². The molecule has 0 unspecified atom stereocenters. The average Bonchev–Trinajstić information content (AvgIpc) is 3.68. The number of anilines is 2. The van der Waals surface area contributed by atoms with E-state index in [4.69, 9.17) is 27.9 Å². The van der Waals surface area contributed by atoms with Crippen molar-refractivity contribution in [1.82, 2.24) is 0 Å². The Morgan fingerprint density at radius 3 is 1.69 bits per heavy atom. The van der Waals surface area contributed by atoms with Crippen LogP contribution >= 0.6 is 23.2 Å². The first kappa shape index (κ1) is 31.6. The van der Waals surface area contributed by atoms with Crippen LogP contribution in [-0.2, 0) is 9.59 Å².